The van der Waals surface area contributed by atoms with Gasteiger partial charge in [-0.2, -0.15) is 13.2 Å². The highest BCUT2D eigenvalue weighted by Gasteiger charge is 2.29. The number of nitrogen functional groups attached to an aromatic ring is 1. The van der Waals surface area contributed by atoms with E-state index in [2.05, 4.69) is 5.32 Å². The van der Waals surface area contributed by atoms with Crippen LogP contribution in [0.5, 0.6) is 0 Å². The molecule has 1 rings (SSSR count). The summed E-state index contributed by atoms with van der Waals surface area (Å²) in [6.45, 7) is -1.16. The number of thioether (sulfide) groups is 1. The molecule has 3 N–H and O–H groups in total. The average molecular weight is 313 g/mol. The highest BCUT2D eigenvalue weighted by Crippen LogP contribution is 2.42. The minimum Gasteiger partial charge on any atom is -0.396 e. The Morgan fingerprint density at radius 2 is 2.05 bits per heavy atom. The van der Waals surface area contributed by atoms with E-state index in [9.17, 15) is 18.0 Å². The molecular formula is C10H14F3N3OS2. The molecule has 0 fully saturated rings. The number of carbonyl (C=O) groups excluding carboxylic acids is 1. The van der Waals surface area contributed by atoms with Crippen molar-refractivity contribution >= 4 is 39.7 Å². The number of halogens is 3. The zero-order valence-electron chi connectivity index (χ0n) is 10.6. The molecule has 108 valence electrons. The van der Waals surface area contributed by atoms with Gasteiger partial charge in [0.1, 0.15) is 16.4 Å². The first kappa shape index (κ1) is 16.0. The Kier molecular flexibility index (Phi) is 4.97. The van der Waals surface area contributed by atoms with E-state index >= 15 is 0 Å². The van der Waals surface area contributed by atoms with E-state index in [1.165, 1.54) is 16.7 Å². The van der Waals surface area contributed by atoms with Crippen LogP contribution >= 0.6 is 23.1 Å². The lowest BCUT2D eigenvalue weighted by Gasteiger charge is -2.08. The zero-order valence-corrected chi connectivity index (χ0v) is 12.2. The number of anilines is 2. The van der Waals surface area contributed by atoms with Crippen LogP contribution in [0.1, 0.15) is 9.67 Å². The molecule has 0 atom stereocenters. The second-order valence-corrected chi connectivity index (χ2v) is 5.71. The number of alkyl halides is 3. The summed E-state index contributed by atoms with van der Waals surface area (Å²) < 4.78 is 36.6. The molecule has 1 amide bonds. The number of hydrogen-bond acceptors (Lipinski definition) is 5. The van der Waals surface area contributed by atoms with E-state index in [0.717, 1.165) is 11.3 Å². The van der Waals surface area contributed by atoms with Crippen LogP contribution in [-0.4, -0.2) is 43.9 Å². The molecule has 0 aliphatic carbocycles. The Morgan fingerprint density at radius 3 is 2.47 bits per heavy atom. The number of nitrogens with two attached hydrogens (primary N) is 1. The lowest BCUT2D eigenvalue weighted by Crippen LogP contribution is -2.21. The van der Waals surface area contributed by atoms with Gasteiger partial charge in [-0.05, 0) is 6.26 Å². The molecule has 1 aromatic rings. The van der Waals surface area contributed by atoms with Crippen molar-refractivity contribution < 1.29 is 18.0 Å². The van der Waals surface area contributed by atoms with Gasteiger partial charge < -0.3 is 16.0 Å². The van der Waals surface area contributed by atoms with Crippen LogP contribution in [0.2, 0.25) is 0 Å². The summed E-state index contributed by atoms with van der Waals surface area (Å²) in [6, 6.07) is 0. The Labute approximate surface area is 117 Å². The quantitative estimate of drug-likeness (QED) is 0.839. The van der Waals surface area contributed by atoms with Crippen LogP contribution in [0.25, 0.3) is 0 Å². The summed E-state index contributed by atoms with van der Waals surface area (Å²) in [4.78, 5) is 13.9. The lowest BCUT2D eigenvalue weighted by molar-refractivity contribution is -0.115. The third kappa shape index (κ3) is 3.93. The van der Waals surface area contributed by atoms with Gasteiger partial charge in [0.2, 0.25) is 0 Å². The lowest BCUT2D eigenvalue weighted by atomic mass is 10.3. The predicted molar refractivity (Wildman–Crippen MR) is 73.1 cm³/mol. The molecule has 0 spiro atoms. The van der Waals surface area contributed by atoms with Gasteiger partial charge in [-0.1, -0.05) is 0 Å². The standard InChI is InChI=1S/C10H14F3N3OS2/c1-16(2)9(17)7-5(14)6(18-3)8(19-7)15-4-10(11,12)13/h15H,4,14H2,1-3H3. The van der Waals surface area contributed by atoms with Crippen LogP contribution in [0.4, 0.5) is 23.9 Å². The Hall–Kier alpha value is -1.09. The third-order valence-corrected chi connectivity index (χ3v) is 4.27. The molecule has 0 saturated heterocycles. The Bertz CT molecular complexity index is 471. The number of rotatable bonds is 4. The van der Waals surface area contributed by atoms with Gasteiger partial charge in [0.05, 0.1) is 10.6 Å². The molecule has 0 saturated carbocycles. The van der Waals surface area contributed by atoms with Crippen LogP contribution < -0.4 is 11.1 Å². The predicted octanol–water partition coefficient (Wildman–Crippen LogP) is 2.73. The van der Waals surface area contributed by atoms with E-state index in [1.54, 1.807) is 20.4 Å². The summed E-state index contributed by atoms with van der Waals surface area (Å²) in [5.41, 5.74) is 6.04. The smallest absolute Gasteiger partial charge is 0.396 e. The molecule has 0 aromatic carbocycles. The van der Waals surface area contributed by atoms with Gasteiger partial charge >= 0.3 is 6.18 Å². The summed E-state index contributed by atoms with van der Waals surface area (Å²) in [5, 5.41) is 2.55. The molecule has 0 aliphatic heterocycles. The summed E-state index contributed by atoms with van der Waals surface area (Å²) in [7, 11) is 3.12. The van der Waals surface area contributed by atoms with E-state index < -0.39 is 12.7 Å². The Balaban J connectivity index is 3.06. The number of nitrogens with one attached hydrogen (secondary N) is 1. The largest absolute Gasteiger partial charge is 0.405 e. The highest BCUT2D eigenvalue weighted by atomic mass is 32.2. The fraction of sp³-hybridized carbons (Fsp3) is 0.500. The number of amides is 1. The van der Waals surface area contributed by atoms with Crippen molar-refractivity contribution in [1.29, 1.82) is 0 Å². The van der Waals surface area contributed by atoms with Crippen LogP contribution in [0.3, 0.4) is 0 Å². The van der Waals surface area contributed by atoms with Gasteiger partial charge in [0, 0.05) is 14.1 Å². The molecule has 0 bridgehead atoms. The molecule has 1 aromatic heterocycles. The minimum absolute atomic E-state index is 0.223. The van der Waals surface area contributed by atoms with E-state index in [1.807, 2.05) is 0 Å². The SMILES string of the molecule is CSc1c(NCC(F)(F)F)sc(C(=O)N(C)C)c1N. The second-order valence-electron chi connectivity index (χ2n) is 3.88. The van der Waals surface area contributed by atoms with E-state index in [4.69, 9.17) is 5.73 Å². The van der Waals surface area contributed by atoms with Gasteiger partial charge in [-0.15, -0.1) is 23.1 Å². The molecule has 0 unspecified atom stereocenters. The number of thiophene rings is 1. The van der Waals surface area contributed by atoms with Crippen LogP contribution in [-0.2, 0) is 0 Å². The van der Waals surface area contributed by atoms with Gasteiger partial charge in [0.25, 0.3) is 5.91 Å². The maximum atomic E-state index is 12.2. The van der Waals surface area contributed by atoms with Crippen molar-refractivity contribution in [3.8, 4) is 0 Å². The van der Waals surface area contributed by atoms with Crippen molar-refractivity contribution in [3.63, 3.8) is 0 Å². The maximum Gasteiger partial charge on any atom is 0.405 e. The van der Waals surface area contributed by atoms with Crippen molar-refractivity contribution in [2.75, 3.05) is 37.9 Å². The molecule has 9 heteroatoms. The first-order valence-electron chi connectivity index (χ1n) is 5.16. The zero-order chi connectivity index (χ0) is 14.8. The number of nitrogens with zero attached hydrogens (tertiary/aromatic N) is 1. The van der Waals surface area contributed by atoms with Crippen molar-refractivity contribution in [3.05, 3.63) is 4.88 Å². The summed E-state index contributed by atoms with van der Waals surface area (Å²) >= 11 is 2.15. The number of hydrogen-bond donors (Lipinski definition) is 2. The molecule has 4 nitrogen and oxygen atoms in total. The molecule has 0 radical (unpaired) electrons. The third-order valence-electron chi connectivity index (χ3n) is 2.15. The monoisotopic (exact) mass is 313 g/mol. The van der Waals surface area contributed by atoms with Crippen molar-refractivity contribution in [1.82, 2.24) is 4.90 Å². The van der Waals surface area contributed by atoms with Crippen molar-refractivity contribution in [2.45, 2.75) is 11.1 Å². The molecule has 19 heavy (non-hydrogen) atoms. The first-order valence-corrected chi connectivity index (χ1v) is 7.20. The van der Waals surface area contributed by atoms with Crippen LogP contribution in [0.15, 0.2) is 4.90 Å². The van der Waals surface area contributed by atoms with Gasteiger partial charge in [0.15, 0.2) is 0 Å². The van der Waals surface area contributed by atoms with E-state index in [0.29, 0.717) is 4.90 Å². The topological polar surface area (TPSA) is 58.4 Å². The highest BCUT2D eigenvalue weighted by molar-refractivity contribution is 7.99. The molecular weight excluding hydrogens is 299 g/mol. The first-order chi connectivity index (χ1) is 8.67. The van der Waals surface area contributed by atoms with E-state index in [-0.39, 0.29) is 21.5 Å². The molecule has 1 heterocycles. The maximum absolute atomic E-state index is 12.2. The average Bonchev–Trinajstić information content (AvgIpc) is 2.61. The summed E-state index contributed by atoms with van der Waals surface area (Å²) in [6.07, 6.45) is -2.62. The van der Waals surface area contributed by atoms with Gasteiger partial charge in [-0.25, -0.2) is 0 Å². The van der Waals surface area contributed by atoms with Crippen molar-refractivity contribution in [2.24, 2.45) is 0 Å². The van der Waals surface area contributed by atoms with Crippen LogP contribution in [0, 0.1) is 0 Å². The minimum atomic E-state index is -4.32. The summed E-state index contributed by atoms with van der Waals surface area (Å²) in [5.74, 6) is -0.321. The second kappa shape index (κ2) is 5.91. The normalized spacial score (nSPS) is 11.5. The molecule has 0 aliphatic rings. The number of carbonyl (C=O) groups is 1. The fourth-order valence-corrected chi connectivity index (χ4v) is 3.34. The van der Waals surface area contributed by atoms with Gasteiger partial charge in [-0.3, -0.25) is 4.79 Å². The Morgan fingerprint density at radius 1 is 1.47 bits per heavy atom. The fourth-order valence-electron chi connectivity index (χ4n) is 1.29.